The van der Waals surface area contributed by atoms with Crippen molar-refractivity contribution in [3.05, 3.63) is 54.3 Å². The molecule has 0 amide bonds. The molecular formula is C21H26FNO4S2. The van der Waals surface area contributed by atoms with Gasteiger partial charge in [-0.1, -0.05) is 38.1 Å². The van der Waals surface area contributed by atoms with E-state index >= 15 is 0 Å². The summed E-state index contributed by atoms with van der Waals surface area (Å²) in [4.78, 5) is 0.173. The molecule has 0 atom stereocenters. The Labute approximate surface area is 172 Å². The van der Waals surface area contributed by atoms with Gasteiger partial charge in [-0.25, -0.2) is 21.2 Å². The average molecular weight is 440 g/mol. The molecule has 0 bridgehead atoms. The number of halogens is 1. The summed E-state index contributed by atoms with van der Waals surface area (Å²) in [6.45, 7) is 4.13. The maximum atomic E-state index is 13.1. The summed E-state index contributed by atoms with van der Waals surface area (Å²) in [5.41, 5.74) is 1.59. The lowest BCUT2D eigenvalue weighted by molar-refractivity contribution is 0.345. The Kier molecular flexibility index (Phi) is 6.45. The van der Waals surface area contributed by atoms with Gasteiger partial charge in [-0.05, 0) is 54.2 Å². The van der Waals surface area contributed by atoms with Crippen molar-refractivity contribution in [2.24, 2.45) is 5.92 Å². The Hall–Kier alpha value is -1.77. The number of hydrogen-bond donors (Lipinski definition) is 0. The summed E-state index contributed by atoms with van der Waals surface area (Å²) in [6, 6.07) is 12.5. The van der Waals surface area contributed by atoms with Gasteiger partial charge in [0.2, 0.25) is 10.0 Å². The van der Waals surface area contributed by atoms with Gasteiger partial charge in [0, 0.05) is 13.1 Å². The maximum absolute atomic E-state index is 13.1. The van der Waals surface area contributed by atoms with E-state index in [-0.39, 0.29) is 35.5 Å². The summed E-state index contributed by atoms with van der Waals surface area (Å²) in [7, 11) is -6.88. The molecule has 1 fully saturated rings. The second-order valence-corrected chi connectivity index (χ2v) is 12.1. The van der Waals surface area contributed by atoms with Crippen molar-refractivity contribution in [2.45, 2.75) is 36.8 Å². The molecule has 3 rings (SSSR count). The van der Waals surface area contributed by atoms with Crippen LogP contribution in [0, 0.1) is 11.7 Å². The lowest BCUT2D eigenvalue weighted by Gasteiger charge is -2.31. The molecule has 1 aliphatic heterocycles. The van der Waals surface area contributed by atoms with Crippen molar-refractivity contribution in [3.8, 4) is 11.1 Å². The predicted molar refractivity (Wildman–Crippen MR) is 112 cm³/mol. The van der Waals surface area contributed by atoms with Gasteiger partial charge in [0.15, 0.2) is 9.84 Å². The minimum Gasteiger partial charge on any atom is -0.229 e. The summed E-state index contributed by atoms with van der Waals surface area (Å²) >= 11 is 0. The van der Waals surface area contributed by atoms with E-state index in [0.717, 1.165) is 11.1 Å². The highest BCUT2D eigenvalue weighted by Gasteiger charge is 2.35. The van der Waals surface area contributed by atoms with Crippen LogP contribution in [0.4, 0.5) is 4.39 Å². The highest BCUT2D eigenvalue weighted by molar-refractivity contribution is 7.92. The molecule has 158 valence electrons. The minimum atomic E-state index is -3.68. The van der Waals surface area contributed by atoms with Crippen molar-refractivity contribution in [1.29, 1.82) is 0 Å². The van der Waals surface area contributed by atoms with Crippen molar-refractivity contribution >= 4 is 19.9 Å². The maximum Gasteiger partial charge on any atom is 0.243 e. The lowest BCUT2D eigenvalue weighted by atomic mass is 10.1. The fourth-order valence-electron chi connectivity index (χ4n) is 3.64. The molecule has 0 saturated carbocycles. The zero-order valence-corrected chi connectivity index (χ0v) is 18.2. The molecule has 0 unspecified atom stereocenters. The molecule has 29 heavy (non-hydrogen) atoms. The third-order valence-corrected chi connectivity index (χ3v) is 9.68. The van der Waals surface area contributed by atoms with E-state index in [1.807, 2.05) is 13.8 Å². The quantitative estimate of drug-likeness (QED) is 0.688. The average Bonchev–Trinajstić information content (AvgIpc) is 2.68. The van der Waals surface area contributed by atoms with Crippen molar-refractivity contribution in [1.82, 2.24) is 4.31 Å². The van der Waals surface area contributed by atoms with E-state index in [2.05, 4.69) is 0 Å². The monoisotopic (exact) mass is 439 g/mol. The van der Waals surface area contributed by atoms with Gasteiger partial charge in [-0.15, -0.1) is 0 Å². The van der Waals surface area contributed by atoms with Gasteiger partial charge >= 0.3 is 0 Å². The first kappa shape index (κ1) is 21.9. The predicted octanol–water partition coefficient (Wildman–Crippen LogP) is 3.72. The third-order valence-electron chi connectivity index (χ3n) is 5.14. The van der Waals surface area contributed by atoms with Crippen LogP contribution in [0.1, 0.15) is 26.7 Å². The number of benzene rings is 2. The van der Waals surface area contributed by atoms with Gasteiger partial charge < -0.3 is 0 Å². The molecule has 0 aromatic heterocycles. The minimum absolute atomic E-state index is 0.0568. The highest BCUT2D eigenvalue weighted by Crippen LogP contribution is 2.27. The van der Waals surface area contributed by atoms with Crippen LogP contribution in [0.25, 0.3) is 11.1 Å². The van der Waals surface area contributed by atoms with Gasteiger partial charge in [0.1, 0.15) is 5.82 Å². The van der Waals surface area contributed by atoms with Crippen LogP contribution in [0.15, 0.2) is 53.4 Å². The second-order valence-electron chi connectivity index (χ2n) is 7.86. The number of piperidine rings is 1. The van der Waals surface area contributed by atoms with Gasteiger partial charge in [0.25, 0.3) is 0 Å². The van der Waals surface area contributed by atoms with Crippen molar-refractivity contribution in [2.75, 3.05) is 18.8 Å². The lowest BCUT2D eigenvalue weighted by Crippen LogP contribution is -2.43. The van der Waals surface area contributed by atoms with Gasteiger partial charge in [-0.2, -0.15) is 4.31 Å². The topological polar surface area (TPSA) is 71.5 Å². The van der Waals surface area contributed by atoms with Crippen LogP contribution < -0.4 is 0 Å². The molecule has 2 aromatic rings. The first-order chi connectivity index (χ1) is 13.6. The summed E-state index contributed by atoms with van der Waals surface area (Å²) in [5, 5.41) is -0.475. The Balaban J connectivity index is 1.71. The molecule has 8 heteroatoms. The zero-order chi connectivity index (χ0) is 21.2. The van der Waals surface area contributed by atoms with E-state index in [1.165, 1.54) is 28.6 Å². The molecule has 0 N–H and O–H groups in total. The van der Waals surface area contributed by atoms with Crippen molar-refractivity contribution in [3.63, 3.8) is 0 Å². The molecule has 1 heterocycles. The molecular weight excluding hydrogens is 413 g/mol. The summed E-state index contributed by atoms with van der Waals surface area (Å²) < 4.78 is 65.2. The zero-order valence-electron chi connectivity index (χ0n) is 16.6. The molecule has 0 aliphatic carbocycles. The van der Waals surface area contributed by atoms with Crippen molar-refractivity contribution < 1.29 is 21.2 Å². The molecule has 5 nitrogen and oxygen atoms in total. The fraction of sp³-hybridized carbons (Fsp3) is 0.429. The van der Waals surface area contributed by atoms with Crippen LogP contribution in [0.2, 0.25) is 0 Å². The van der Waals surface area contributed by atoms with E-state index in [0.29, 0.717) is 12.8 Å². The van der Waals surface area contributed by atoms with E-state index in [1.54, 1.807) is 24.3 Å². The van der Waals surface area contributed by atoms with Crippen LogP contribution in [0.5, 0.6) is 0 Å². The van der Waals surface area contributed by atoms with Crippen LogP contribution in [-0.4, -0.2) is 45.2 Å². The Morgan fingerprint density at radius 2 is 1.38 bits per heavy atom. The molecule has 0 spiro atoms. The smallest absolute Gasteiger partial charge is 0.229 e. The normalized spacial score (nSPS) is 17.0. The number of nitrogens with zero attached hydrogens (tertiary/aromatic N) is 1. The standard InChI is InChI=1S/C21H26FNO4S2/c1-16(2)15-28(24,25)20-11-13-23(14-12-20)29(26,27)21-9-5-18(6-10-21)17-3-7-19(22)8-4-17/h3-10,16,20H,11-15H2,1-2H3. The van der Waals surface area contributed by atoms with Crippen LogP contribution in [0.3, 0.4) is 0 Å². The van der Waals surface area contributed by atoms with E-state index in [4.69, 9.17) is 0 Å². The largest absolute Gasteiger partial charge is 0.243 e. The van der Waals surface area contributed by atoms with Crippen LogP contribution in [-0.2, 0) is 19.9 Å². The molecule has 2 aromatic carbocycles. The van der Waals surface area contributed by atoms with E-state index < -0.39 is 25.1 Å². The fourth-order valence-corrected chi connectivity index (χ4v) is 7.24. The summed E-state index contributed by atoms with van der Waals surface area (Å²) in [5.74, 6) is -0.136. The number of rotatable bonds is 6. The Morgan fingerprint density at radius 1 is 0.897 bits per heavy atom. The first-order valence-corrected chi connectivity index (χ1v) is 12.8. The Morgan fingerprint density at radius 3 is 1.86 bits per heavy atom. The molecule has 0 radical (unpaired) electrons. The SMILES string of the molecule is CC(C)CS(=O)(=O)C1CCN(S(=O)(=O)c2ccc(-c3ccc(F)cc3)cc2)CC1. The number of hydrogen-bond acceptors (Lipinski definition) is 4. The Bertz CT molecular complexity index is 1040. The molecule has 1 saturated heterocycles. The number of sulfonamides is 1. The number of sulfone groups is 1. The van der Waals surface area contributed by atoms with Gasteiger partial charge in [0.05, 0.1) is 15.9 Å². The van der Waals surface area contributed by atoms with Crippen LogP contribution >= 0.6 is 0 Å². The molecule has 1 aliphatic rings. The second kappa shape index (κ2) is 8.53. The first-order valence-electron chi connectivity index (χ1n) is 9.67. The summed E-state index contributed by atoms with van der Waals surface area (Å²) in [6.07, 6.45) is 0.643. The van der Waals surface area contributed by atoms with E-state index in [9.17, 15) is 21.2 Å². The third kappa shape index (κ3) is 5.05. The van der Waals surface area contributed by atoms with Gasteiger partial charge in [-0.3, -0.25) is 0 Å². The highest BCUT2D eigenvalue weighted by atomic mass is 32.2.